The SMILES string of the molecule is [O]CCCc1ccc(C(F)(F)C(F)(F)F)cc1C(F)(F)C(F)(F)F. The summed E-state index contributed by atoms with van der Waals surface area (Å²) in [5.41, 5.74) is -4.89. The molecule has 0 spiro atoms. The summed E-state index contributed by atoms with van der Waals surface area (Å²) in [4.78, 5) is 0. The van der Waals surface area contributed by atoms with Crippen LogP contribution in [0.25, 0.3) is 0 Å². The zero-order valence-corrected chi connectivity index (χ0v) is 11.5. The van der Waals surface area contributed by atoms with Gasteiger partial charge in [-0.05, 0) is 24.5 Å². The molecule has 1 aromatic rings. The number of aryl methyl sites for hydroxylation is 1. The van der Waals surface area contributed by atoms with E-state index in [9.17, 15) is 49.0 Å². The van der Waals surface area contributed by atoms with Crippen molar-refractivity contribution in [1.29, 1.82) is 0 Å². The smallest absolute Gasteiger partial charge is 0.237 e. The number of halogens is 10. The Hall–Kier alpha value is -1.52. The third-order valence-electron chi connectivity index (χ3n) is 3.11. The van der Waals surface area contributed by atoms with Gasteiger partial charge in [-0.15, -0.1) is 0 Å². The van der Waals surface area contributed by atoms with Crippen LogP contribution in [0.15, 0.2) is 18.2 Å². The van der Waals surface area contributed by atoms with Gasteiger partial charge in [0.2, 0.25) is 0 Å². The normalized spacial score (nSPS) is 14.1. The lowest BCUT2D eigenvalue weighted by atomic mass is 9.93. The van der Waals surface area contributed by atoms with E-state index < -0.39 is 66.4 Å². The topological polar surface area (TPSA) is 19.9 Å². The number of benzene rings is 1. The molecule has 0 fully saturated rings. The lowest BCUT2D eigenvalue weighted by molar-refractivity contribution is -0.292. The summed E-state index contributed by atoms with van der Waals surface area (Å²) >= 11 is 0. The molecule has 0 aliphatic carbocycles. The third-order valence-corrected chi connectivity index (χ3v) is 3.11. The molecule has 0 aliphatic heterocycles. The van der Waals surface area contributed by atoms with E-state index in [2.05, 4.69) is 0 Å². The summed E-state index contributed by atoms with van der Waals surface area (Å²) in [5, 5.41) is 10.3. The molecule has 0 saturated heterocycles. The standard InChI is InChI=1S/C13H9F10O/c14-10(15,12(18,19)20)8-4-3-7(2-1-5-24)9(6-8)11(16,17)13(21,22)23/h3-4,6H,1-2,5H2. The van der Waals surface area contributed by atoms with E-state index in [4.69, 9.17) is 0 Å². The van der Waals surface area contributed by atoms with E-state index in [1.165, 1.54) is 0 Å². The molecule has 1 aromatic carbocycles. The molecule has 0 unspecified atom stereocenters. The molecule has 1 radical (unpaired) electrons. The van der Waals surface area contributed by atoms with Gasteiger partial charge in [-0.2, -0.15) is 43.9 Å². The van der Waals surface area contributed by atoms with Gasteiger partial charge < -0.3 is 0 Å². The first kappa shape index (κ1) is 20.5. The molecule has 11 heteroatoms. The minimum Gasteiger partial charge on any atom is -0.237 e. The highest BCUT2D eigenvalue weighted by Gasteiger charge is 2.62. The van der Waals surface area contributed by atoms with Crippen LogP contribution in [0.3, 0.4) is 0 Å². The molecule has 1 nitrogen and oxygen atoms in total. The maximum Gasteiger partial charge on any atom is 0.458 e. The van der Waals surface area contributed by atoms with Crippen LogP contribution in [-0.4, -0.2) is 19.0 Å². The monoisotopic (exact) mass is 371 g/mol. The van der Waals surface area contributed by atoms with Crippen molar-refractivity contribution in [2.24, 2.45) is 0 Å². The van der Waals surface area contributed by atoms with Gasteiger partial charge in [-0.1, -0.05) is 12.1 Å². The third kappa shape index (κ3) is 3.76. The quantitative estimate of drug-likeness (QED) is 0.622. The van der Waals surface area contributed by atoms with Crippen molar-refractivity contribution in [1.82, 2.24) is 0 Å². The fraction of sp³-hybridized carbons (Fsp3) is 0.538. The summed E-state index contributed by atoms with van der Waals surface area (Å²) in [6, 6.07) is -0.0790. The molecule has 0 heterocycles. The molecule has 0 atom stereocenters. The Balaban J connectivity index is 3.55. The Labute approximate surface area is 128 Å². The molecule has 24 heavy (non-hydrogen) atoms. The van der Waals surface area contributed by atoms with Crippen LogP contribution in [0.1, 0.15) is 23.1 Å². The summed E-state index contributed by atoms with van der Waals surface area (Å²) in [7, 11) is 0. The van der Waals surface area contributed by atoms with Crippen LogP contribution in [0.5, 0.6) is 0 Å². The Kier molecular flexibility index (Phi) is 5.48. The fourth-order valence-electron chi connectivity index (χ4n) is 1.86. The molecule has 0 amide bonds. The lowest BCUT2D eigenvalue weighted by Crippen LogP contribution is -2.37. The molecule has 0 N–H and O–H groups in total. The second kappa shape index (κ2) is 6.41. The second-order valence-electron chi connectivity index (χ2n) is 4.82. The van der Waals surface area contributed by atoms with Gasteiger partial charge in [0.05, 0.1) is 6.61 Å². The molecular weight excluding hydrogens is 362 g/mol. The molecular formula is C13H9F10O. The van der Waals surface area contributed by atoms with Crippen molar-refractivity contribution in [2.45, 2.75) is 37.0 Å². The molecule has 137 valence electrons. The van der Waals surface area contributed by atoms with Crippen molar-refractivity contribution in [2.75, 3.05) is 6.61 Å². The highest BCUT2D eigenvalue weighted by molar-refractivity contribution is 5.38. The van der Waals surface area contributed by atoms with Crippen molar-refractivity contribution >= 4 is 0 Å². The Morgan fingerprint density at radius 2 is 1.25 bits per heavy atom. The van der Waals surface area contributed by atoms with Gasteiger partial charge in [0.25, 0.3) is 0 Å². The summed E-state index contributed by atoms with van der Waals surface area (Å²) in [5.74, 6) is -11.3. The summed E-state index contributed by atoms with van der Waals surface area (Å²) in [6.07, 6.45) is -13.4. The van der Waals surface area contributed by atoms with Gasteiger partial charge in [0.1, 0.15) is 0 Å². The number of rotatable bonds is 5. The fourth-order valence-corrected chi connectivity index (χ4v) is 1.86. The second-order valence-corrected chi connectivity index (χ2v) is 4.82. The van der Waals surface area contributed by atoms with Crippen LogP contribution in [0.2, 0.25) is 0 Å². The predicted molar refractivity (Wildman–Crippen MR) is 60.2 cm³/mol. The summed E-state index contributed by atoms with van der Waals surface area (Å²) in [6.45, 7) is -0.850. The minimum atomic E-state index is -6.20. The van der Waals surface area contributed by atoms with Crippen molar-refractivity contribution in [3.63, 3.8) is 0 Å². The maximum absolute atomic E-state index is 13.5. The molecule has 1 rings (SSSR count). The van der Waals surface area contributed by atoms with E-state index in [0.29, 0.717) is 6.07 Å². The minimum absolute atomic E-state index is 0.115. The largest absolute Gasteiger partial charge is 0.458 e. The maximum atomic E-state index is 13.5. The van der Waals surface area contributed by atoms with Gasteiger partial charge in [0, 0.05) is 11.1 Å². The van der Waals surface area contributed by atoms with Crippen molar-refractivity contribution in [3.05, 3.63) is 34.9 Å². The van der Waals surface area contributed by atoms with Crippen LogP contribution in [-0.2, 0) is 23.4 Å². The van der Waals surface area contributed by atoms with Gasteiger partial charge in [-0.25, -0.2) is 5.11 Å². The zero-order valence-electron chi connectivity index (χ0n) is 11.5. The molecule has 0 bridgehead atoms. The average Bonchev–Trinajstić information content (AvgIpc) is 2.42. The Bertz CT molecular complexity index is 573. The Morgan fingerprint density at radius 3 is 1.67 bits per heavy atom. The zero-order chi connectivity index (χ0) is 19.0. The highest BCUT2D eigenvalue weighted by atomic mass is 19.4. The number of hydrogen-bond acceptors (Lipinski definition) is 0. The van der Waals surface area contributed by atoms with Crippen molar-refractivity contribution < 1.29 is 49.0 Å². The van der Waals surface area contributed by atoms with Crippen molar-refractivity contribution in [3.8, 4) is 0 Å². The summed E-state index contributed by atoms with van der Waals surface area (Å²) < 4.78 is 128. The first-order valence-corrected chi connectivity index (χ1v) is 6.27. The Morgan fingerprint density at radius 1 is 0.750 bits per heavy atom. The van der Waals surface area contributed by atoms with Crippen LogP contribution < -0.4 is 0 Å². The first-order valence-electron chi connectivity index (χ1n) is 6.27. The van der Waals surface area contributed by atoms with Crippen LogP contribution in [0, 0.1) is 0 Å². The van der Waals surface area contributed by atoms with Crippen LogP contribution in [0.4, 0.5) is 43.9 Å². The average molecular weight is 371 g/mol. The van der Waals surface area contributed by atoms with Crippen LogP contribution >= 0.6 is 0 Å². The van der Waals surface area contributed by atoms with Gasteiger partial charge in [0.15, 0.2) is 0 Å². The number of hydrogen-bond donors (Lipinski definition) is 0. The van der Waals surface area contributed by atoms with E-state index >= 15 is 0 Å². The lowest BCUT2D eigenvalue weighted by Gasteiger charge is -2.25. The van der Waals surface area contributed by atoms with Gasteiger partial charge in [-0.3, -0.25) is 0 Å². The highest BCUT2D eigenvalue weighted by Crippen LogP contribution is 2.49. The molecule has 0 aliphatic rings. The van der Waals surface area contributed by atoms with E-state index in [1.807, 2.05) is 0 Å². The van der Waals surface area contributed by atoms with E-state index in [0.717, 1.165) is 0 Å². The van der Waals surface area contributed by atoms with Gasteiger partial charge >= 0.3 is 24.2 Å². The molecule has 0 saturated carbocycles. The first-order chi connectivity index (χ1) is 10.7. The van der Waals surface area contributed by atoms with E-state index in [1.54, 1.807) is 0 Å². The number of alkyl halides is 10. The predicted octanol–water partition coefficient (Wildman–Crippen LogP) is 5.36. The molecule has 0 aromatic heterocycles. The van der Waals surface area contributed by atoms with E-state index in [-0.39, 0.29) is 6.07 Å².